The van der Waals surface area contributed by atoms with Crippen LogP contribution in [-0.2, 0) is 29.4 Å². The van der Waals surface area contributed by atoms with Gasteiger partial charge in [-0.3, -0.25) is 9.48 Å². The van der Waals surface area contributed by atoms with Crippen LogP contribution in [0, 0.1) is 23.1 Å². The number of fused-ring (bicyclic) bond motifs is 5. The monoisotopic (exact) mass is 718 g/mol. The van der Waals surface area contributed by atoms with Gasteiger partial charge in [-0.15, -0.1) is 0 Å². The lowest BCUT2D eigenvalue weighted by Gasteiger charge is -2.50. The SMILES string of the molecule is Cn1ncnc1[C@H]1c2n[nH]c(=O)c3cc(F)cc(c23)N[C@@H]1c1ccc(CCCOCCO[C@H]2CC[C@H]3[C@@H]4CCc5cc(O)ccc5[C@H]4CC[C@]23C)cc1. The molecule has 2 saturated carbocycles. The standard InChI is InChI=1S/C42H47FN6O4/c1-42-16-15-30-29-12-10-28(50)20-26(29)9-11-31(30)33(42)13-14-35(42)53-19-18-52-17-3-4-24-5-7-25(8-6-24)38-37(40-44-23-45-49(40)2)39-36-32(41(51)48-47-39)21-27(43)22-34(36)46-38/h5-8,10,12,20-23,30-31,33,35,37-38,46,50H,3-4,9,11,13-19H2,1-2H3,(H,48,51)/t30-,31-,33+,35+,37-,38-,42+/m1/s1. The zero-order valence-electron chi connectivity index (χ0n) is 30.4. The third kappa shape index (κ3) is 6.02. The van der Waals surface area contributed by atoms with Crippen molar-refractivity contribution in [2.75, 3.05) is 25.1 Å². The van der Waals surface area contributed by atoms with E-state index in [0.717, 1.165) is 31.2 Å². The Balaban J connectivity index is 0.780. The minimum atomic E-state index is -0.485. The Kier molecular flexibility index (Phi) is 8.81. The van der Waals surface area contributed by atoms with E-state index < -0.39 is 11.4 Å². The van der Waals surface area contributed by atoms with Gasteiger partial charge in [0.15, 0.2) is 0 Å². The van der Waals surface area contributed by atoms with E-state index in [-0.39, 0.29) is 22.8 Å². The van der Waals surface area contributed by atoms with E-state index in [1.54, 1.807) is 4.68 Å². The predicted molar refractivity (Wildman–Crippen MR) is 200 cm³/mol. The molecule has 0 saturated heterocycles. The summed E-state index contributed by atoms with van der Waals surface area (Å²) in [7, 11) is 1.83. The number of anilines is 1. The fourth-order valence-electron chi connectivity index (χ4n) is 10.6. The maximum atomic E-state index is 14.6. The van der Waals surface area contributed by atoms with Crippen molar-refractivity contribution in [3.05, 3.63) is 111 Å². The molecule has 11 heteroatoms. The second-order valence-electron chi connectivity index (χ2n) is 15.9. The Morgan fingerprint density at radius 3 is 2.74 bits per heavy atom. The van der Waals surface area contributed by atoms with E-state index in [4.69, 9.17) is 9.47 Å². The molecule has 3 N–H and O–H groups in total. The van der Waals surface area contributed by atoms with Gasteiger partial charge in [-0.2, -0.15) is 10.2 Å². The van der Waals surface area contributed by atoms with Crippen molar-refractivity contribution < 1.29 is 19.0 Å². The first-order chi connectivity index (χ1) is 25.8. The lowest BCUT2D eigenvalue weighted by Crippen LogP contribution is -2.44. The van der Waals surface area contributed by atoms with Crippen LogP contribution in [0.4, 0.5) is 10.1 Å². The maximum absolute atomic E-state index is 14.6. The van der Waals surface area contributed by atoms with Gasteiger partial charge in [-0.25, -0.2) is 14.5 Å². The Morgan fingerprint density at radius 1 is 1.04 bits per heavy atom. The van der Waals surface area contributed by atoms with Gasteiger partial charge < -0.3 is 19.9 Å². The highest BCUT2D eigenvalue weighted by Crippen LogP contribution is 2.61. The van der Waals surface area contributed by atoms with Crippen molar-refractivity contribution in [2.45, 2.75) is 82.3 Å². The molecular formula is C42H47FN6O4. The summed E-state index contributed by atoms with van der Waals surface area (Å²) in [4.78, 5) is 17.2. The highest BCUT2D eigenvalue weighted by atomic mass is 19.1. The van der Waals surface area contributed by atoms with Crippen molar-refractivity contribution in [1.82, 2.24) is 25.0 Å². The number of ether oxygens (including phenoxy) is 2. The molecule has 276 valence electrons. The Labute approximate surface area is 308 Å². The quantitative estimate of drug-likeness (QED) is 0.131. The van der Waals surface area contributed by atoms with Gasteiger partial charge in [0.25, 0.3) is 5.56 Å². The molecule has 0 unspecified atom stereocenters. The van der Waals surface area contributed by atoms with Crippen molar-refractivity contribution >= 4 is 16.5 Å². The summed E-state index contributed by atoms with van der Waals surface area (Å²) in [5, 5.41) is 25.7. The molecule has 7 atom stereocenters. The topological polar surface area (TPSA) is 127 Å². The van der Waals surface area contributed by atoms with Crippen LogP contribution in [0.15, 0.2) is 65.7 Å². The third-order valence-electron chi connectivity index (χ3n) is 13.1. The highest BCUT2D eigenvalue weighted by Gasteiger charge is 2.55. The van der Waals surface area contributed by atoms with E-state index in [2.05, 4.69) is 62.9 Å². The summed E-state index contributed by atoms with van der Waals surface area (Å²) in [5.74, 6) is 2.25. The van der Waals surface area contributed by atoms with E-state index >= 15 is 0 Å². The van der Waals surface area contributed by atoms with E-state index in [1.807, 2.05) is 19.2 Å². The molecule has 3 aromatic carbocycles. The van der Waals surface area contributed by atoms with Crippen molar-refractivity contribution in [3.8, 4) is 5.75 Å². The van der Waals surface area contributed by atoms with Gasteiger partial charge in [0.1, 0.15) is 23.7 Å². The fourth-order valence-corrected chi connectivity index (χ4v) is 10.6. The van der Waals surface area contributed by atoms with Crippen LogP contribution < -0.4 is 10.9 Å². The number of nitrogens with one attached hydrogen (secondary N) is 2. The first-order valence-corrected chi connectivity index (χ1v) is 19.2. The Hall–Kier alpha value is -4.61. The number of aromatic nitrogens is 5. The second kappa shape index (κ2) is 13.7. The summed E-state index contributed by atoms with van der Waals surface area (Å²) in [6.07, 6.45) is 10.6. The van der Waals surface area contributed by atoms with Crippen LogP contribution >= 0.6 is 0 Å². The number of halogens is 1. The van der Waals surface area contributed by atoms with Crippen LogP contribution in [-0.4, -0.2) is 56.0 Å². The first kappa shape index (κ1) is 34.2. The molecule has 3 aliphatic carbocycles. The fraction of sp³-hybridized carbons (Fsp3) is 0.476. The zero-order valence-corrected chi connectivity index (χ0v) is 30.4. The van der Waals surface area contributed by atoms with Crippen LogP contribution in [0.1, 0.15) is 97.1 Å². The van der Waals surface area contributed by atoms with Gasteiger partial charge in [0, 0.05) is 24.7 Å². The molecule has 53 heavy (non-hydrogen) atoms. The Morgan fingerprint density at radius 2 is 1.91 bits per heavy atom. The zero-order chi connectivity index (χ0) is 36.3. The molecule has 0 bridgehead atoms. The van der Waals surface area contributed by atoms with E-state index in [0.29, 0.717) is 72.0 Å². The van der Waals surface area contributed by atoms with Crippen LogP contribution in [0.5, 0.6) is 5.75 Å². The minimum absolute atomic E-state index is 0.228. The number of nitrogens with zero attached hydrogens (tertiary/aromatic N) is 4. The molecule has 10 nitrogen and oxygen atoms in total. The summed E-state index contributed by atoms with van der Waals surface area (Å²) in [6.45, 7) is 4.37. The van der Waals surface area contributed by atoms with Gasteiger partial charge in [-0.05, 0) is 121 Å². The lowest BCUT2D eigenvalue weighted by atomic mass is 9.55. The van der Waals surface area contributed by atoms with Crippen molar-refractivity contribution in [2.24, 2.45) is 24.3 Å². The van der Waals surface area contributed by atoms with Gasteiger partial charge in [0.2, 0.25) is 0 Å². The summed E-state index contributed by atoms with van der Waals surface area (Å²) < 4.78 is 29.0. The largest absolute Gasteiger partial charge is 0.508 e. The molecule has 0 spiro atoms. The number of phenolic OH excluding ortho intramolecular Hbond substituents is 1. The van der Waals surface area contributed by atoms with Crippen LogP contribution in [0.3, 0.4) is 0 Å². The smallest absolute Gasteiger partial charge is 0.272 e. The average molecular weight is 719 g/mol. The molecule has 2 fully saturated rings. The molecule has 0 radical (unpaired) electrons. The number of aryl methyl sites for hydroxylation is 3. The van der Waals surface area contributed by atoms with Crippen LogP contribution in [0.25, 0.3) is 10.8 Å². The first-order valence-electron chi connectivity index (χ1n) is 19.2. The number of H-pyrrole nitrogens is 1. The van der Waals surface area contributed by atoms with E-state index in [9.17, 15) is 14.3 Å². The molecule has 4 aliphatic rings. The summed E-state index contributed by atoms with van der Waals surface area (Å²) in [6, 6.07) is 16.8. The van der Waals surface area contributed by atoms with Crippen molar-refractivity contribution in [1.29, 1.82) is 0 Å². The molecule has 0 amide bonds. The molecule has 1 aliphatic heterocycles. The number of benzene rings is 3. The van der Waals surface area contributed by atoms with Crippen LogP contribution in [0.2, 0.25) is 0 Å². The number of aromatic hydroxyl groups is 1. The maximum Gasteiger partial charge on any atom is 0.272 e. The summed E-state index contributed by atoms with van der Waals surface area (Å²) in [5.41, 5.74) is 5.99. The number of rotatable bonds is 10. The average Bonchev–Trinajstić information content (AvgIpc) is 3.74. The molecule has 9 rings (SSSR count). The van der Waals surface area contributed by atoms with E-state index in [1.165, 1.54) is 60.8 Å². The number of hydrogen-bond acceptors (Lipinski definition) is 8. The Bertz CT molecular complexity index is 2200. The number of aromatic amines is 1. The normalized spacial score (nSPS) is 27.2. The lowest BCUT2D eigenvalue weighted by molar-refractivity contribution is -0.0771. The number of phenols is 1. The summed E-state index contributed by atoms with van der Waals surface area (Å²) >= 11 is 0. The highest BCUT2D eigenvalue weighted by molar-refractivity contribution is 5.97. The van der Waals surface area contributed by atoms with Crippen molar-refractivity contribution in [3.63, 3.8) is 0 Å². The van der Waals surface area contributed by atoms with Gasteiger partial charge in [0.05, 0.1) is 42.4 Å². The van der Waals surface area contributed by atoms with Gasteiger partial charge >= 0.3 is 0 Å². The molecular weight excluding hydrogens is 671 g/mol. The molecule has 5 aromatic rings. The third-order valence-corrected chi connectivity index (χ3v) is 13.1. The predicted octanol–water partition coefficient (Wildman–Crippen LogP) is 7.09. The number of hydrogen-bond donors (Lipinski definition) is 3. The minimum Gasteiger partial charge on any atom is -0.508 e. The second-order valence-corrected chi connectivity index (χ2v) is 15.9. The van der Waals surface area contributed by atoms with Gasteiger partial charge in [-0.1, -0.05) is 37.3 Å². The molecule has 2 aromatic heterocycles. The molecule has 3 heterocycles.